The molecule has 0 radical (unpaired) electrons. The van der Waals surface area contributed by atoms with Gasteiger partial charge >= 0.3 is 0 Å². The van der Waals surface area contributed by atoms with Gasteiger partial charge in [0.25, 0.3) is 0 Å². The highest BCUT2D eigenvalue weighted by Crippen LogP contribution is 2.44. The zero-order valence-electron chi connectivity index (χ0n) is 14.4. The molecule has 24 heavy (non-hydrogen) atoms. The largest absolute Gasteiger partial charge is 0.387 e. The number of rotatable bonds is 2. The van der Waals surface area contributed by atoms with Crippen LogP contribution in [-0.2, 0) is 0 Å². The van der Waals surface area contributed by atoms with E-state index in [0.717, 1.165) is 42.9 Å². The molecule has 1 aromatic heterocycles. The Bertz CT molecular complexity index is 718. The van der Waals surface area contributed by atoms with Gasteiger partial charge < -0.3 is 10.0 Å². The molecule has 1 N–H and O–H groups in total. The van der Waals surface area contributed by atoms with Crippen LogP contribution in [0.25, 0.3) is 0 Å². The minimum atomic E-state index is -0.436. The lowest BCUT2D eigenvalue weighted by Gasteiger charge is -2.39. The molecule has 2 heterocycles. The molecule has 2 aliphatic rings. The molecule has 0 bridgehead atoms. The van der Waals surface area contributed by atoms with Crippen molar-refractivity contribution in [2.24, 2.45) is 0 Å². The minimum Gasteiger partial charge on any atom is -0.387 e. The van der Waals surface area contributed by atoms with Gasteiger partial charge in [-0.05, 0) is 43.6 Å². The van der Waals surface area contributed by atoms with Crippen LogP contribution in [0, 0.1) is 0 Å². The summed E-state index contributed by atoms with van der Waals surface area (Å²) in [6.45, 7) is 5.47. The van der Waals surface area contributed by atoms with Crippen LogP contribution in [0.5, 0.6) is 0 Å². The van der Waals surface area contributed by atoms with Gasteiger partial charge in [0, 0.05) is 18.2 Å². The molecular weight excluding hydrogens is 298 g/mol. The van der Waals surface area contributed by atoms with E-state index < -0.39 is 6.10 Å². The number of hydrogen-bond acceptors (Lipinski definition) is 4. The second-order valence-electron chi connectivity index (χ2n) is 7.32. The smallest absolute Gasteiger partial charge is 0.136 e. The third kappa shape index (κ3) is 2.59. The fourth-order valence-electron chi connectivity index (χ4n) is 4.45. The predicted octanol–water partition coefficient (Wildman–Crippen LogP) is 3.79. The van der Waals surface area contributed by atoms with E-state index in [1.807, 2.05) is 0 Å². The van der Waals surface area contributed by atoms with E-state index in [0.29, 0.717) is 17.9 Å². The average molecular weight is 323 g/mol. The quantitative estimate of drug-likeness (QED) is 0.913. The van der Waals surface area contributed by atoms with Crippen molar-refractivity contribution in [2.75, 3.05) is 11.4 Å². The molecular formula is C20H25N3O. The number of aliphatic hydroxyl groups is 1. The van der Waals surface area contributed by atoms with E-state index in [1.165, 1.54) is 5.56 Å². The first-order valence-electron chi connectivity index (χ1n) is 8.99. The predicted molar refractivity (Wildman–Crippen MR) is 95.2 cm³/mol. The molecule has 4 rings (SSSR count). The van der Waals surface area contributed by atoms with Crippen LogP contribution in [0.1, 0.15) is 67.9 Å². The zero-order valence-corrected chi connectivity index (χ0v) is 14.4. The van der Waals surface area contributed by atoms with Crippen LogP contribution in [0.4, 0.5) is 5.82 Å². The highest BCUT2D eigenvalue weighted by atomic mass is 16.3. The van der Waals surface area contributed by atoms with Crippen LogP contribution >= 0.6 is 0 Å². The summed E-state index contributed by atoms with van der Waals surface area (Å²) in [4.78, 5) is 11.4. The minimum absolute atomic E-state index is 0.324. The topological polar surface area (TPSA) is 49.2 Å². The Kier molecular flexibility index (Phi) is 4.01. The second kappa shape index (κ2) is 6.17. The lowest BCUT2D eigenvalue weighted by atomic mass is 9.85. The van der Waals surface area contributed by atoms with E-state index >= 15 is 0 Å². The SMILES string of the molecule is CC1CC(c2ccccc2)CCN1c1ncnc2c1[C@H](C)CC2O. The number of piperidine rings is 1. The van der Waals surface area contributed by atoms with Crippen molar-refractivity contribution in [1.82, 2.24) is 9.97 Å². The average Bonchev–Trinajstić information content (AvgIpc) is 2.90. The molecule has 3 unspecified atom stereocenters. The van der Waals surface area contributed by atoms with Crippen LogP contribution in [0.2, 0.25) is 0 Å². The van der Waals surface area contributed by atoms with Gasteiger partial charge in [0.05, 0.1) is 11.8 Å². The highest BCUT2D eigenvalue weighted by Gasteiger charge is 2.35. The van der Waals surface area contributed by atoms with Gasteiger partial charge in [-0.2, -0.15) is 0 Å². The van der Waals surface area contributed by atoms with E-state index in [9.17, 15) is 5.11 Å². The van der Waals surface area contributed by atoms with Crippen LogP contribution in [0.15, 0.2) is 36.7 Å². The summed E-state index contributed by atoms with van der Waals surface area (Å²) in [7, 11) is 0. The third-order valence-corrected chi connectivity index (χ3v) is 5.70. The Morgan fingerprint density at radius 1 is 1.08 bits per heavy atom. The molecule has 1 aliphatic heterocycles. The molecule has 0 amide bonds. The van der Waals surface area contributed by atoms with E-state index in [4.69, 9.17) is 0 Å². The van der Waals surface area contributed by atoms with Crippen molar-refractivity contribution in [2.45, 2.75) is 57.1 Å². The Hall–Kier alpha value is -1.94. The Morgan fingerprint density at radius 2 is 1.88 bits per heavy atom. The molecule has 0 spiro atoms. The summed E-state index contributed by atoms with van der Waals surface area (Å²) in [5.74, 6) is 1.99. The zero-order chi connectivity index (χ0) is 16.7. The first-order valence-corrected chi connectivity index (χ1v) is 8.99. The van der Waals surface area contributed by atoms with Crippen molar-refractivity contribution in [3.05, 3.63) is 53.5 Å². The number of fused-ring (bicyclic) bond motifs is 1. The van der Waals surface area contributed by atoms with Crippen LogP contribution < -0.4 is 4.90 Å². The normalized spacial score (nSPS) is 29.5. The fraction of sp³-hybridized carbons (Fsp3) is 0.500. The molecule has 1 fully saturated rings. The Labute approximate surface area is 143 Å². The number of nitrogens with zero attached hydrogens (tertiary/aromatic N) is 3. The van der Waals surface area contributed by atoms with Gasteiger partial charge in [-0.15, -0.1) is 0 Å². The van der Waals surface area contributed by atoms with Gasteiger partial charge in [0.2, 0.25) is 0 Å². The van der Waals surface area contributed by atoms with E-state index in [2.05, 4.69) is 59.0 Å². The van der Waals surface area contributed by atoms with Crippen LogP contribution in [0.3, 0.4) is 0 Å². The van der Waals surface area contributed by atoms with Crippen molar-refractivity contribution < 1.29 is 5.11 Å². The summed E-state index contributed by atoms with van der Waals surface area (Å²) >= 11 is 0. The first kappa shape index (κ1) is 15.6. The van der Waals surface area contributed by atoms with Gasteiger partial charge in [-0.1, -0.05) is 37.3 Å². The summed E-state index contributed by atoms with van der Waals surface area (Å²) in [5, 5.41) is 10.2. The molecule has 1 aliphatic carbocycles. The van der Waals surface area contributed by atoms with E-state index in [1.54, 1.807) is 6.33 Å². The summed E-state index contributed by atoms with van der Waals surface area (Å²) in [5.41, 5.74) is 3.45. The van der Waals surface area contributed by atoms with Crippen LogP contribution in [-0.4, -0.2) is 27.7 Å². The molecule has 1 aromatic carbocycles. The van der Waals surface area contributed by atoms with E-state index in [-0.39, 0.29) is 0 Å². The Balaban J connectivity index is 1.59. The van der Waals surface area contributed by atoms with Crippen molar-refractivity contribution >= 4 is 5.82 Å². The summed E-state index contributed by atoms with van der Waals surface area (Å²) in [6, 6.07) is 11.3. The van der Waals surface area contributed by atoms with Gasteiger partial charge in [0.1, 0.15) is 12.1 Å². The number of aromatic nitrogens is 2. The molecule has 0 saturated carbocycles. The number of benzene rings is 1. The number of aliphatic hydroxyl groups excluding tert-OH is 1. The van der Waals surface area contributed by atoms with Crippen molar-refractivity contribution in [3.8, 4) is 0 Å². The standard InChI is InChI=1S/C20H25N3O/c1-13-10-17(24)19-18(13)20(22-12-21-19)23-9-8-16(11-14(23)2)15-6-4-3-5-7-15/h3-7,12-14,16-17,24H,8-11H2,1-2H3/t13-,14?,16?,17?/m1/s1. The number of anilines is 1. The maximum atomic E-state index is 10.2. The molecule has 4 heteroatoms. The molecule has 4 nitrogen and oxygen atoms in total. The lowest BCUT2D eigenvalue weighted by molar-refractivity contribution is 0.170. The molecule has 2 aromatic rings. The highest BCUT2D eigenvalue weighted by molar-refractivity contribution is 5.54. The second-order valence-corrected chi connectivity index (χ2v) is 7.32. The fourth-order valence-corrected chi connectivity index (χ4v) is 4.45. The summed E-state index contributed by atoms with van der Waals surface area (Å²) in [6.07, 6.45) is 4.22. The first-order chi connectivity index (χ1) is 11.6. The van der Waals surface area contributed by atoms with Gasteiger partial charge in [-0.25, -0.2) is 9.97 Å². The number of hydrogen-bond donors (Lipinski definition) is 1. The summed E-state index contributed by atoms with van der Waals surface area (Å²) < 4.78 is 0. The maximum absolute atomic E-state index is 10.2. The molecule has 4 atom stereocenters. The van der Waals surface area contributed by atoms with Crippen molar-refractivity contribution in [1.29, 1.82) is 0 Å². The monoisotopic (exact) mass is 323 g/mol. The van der Waals surface area contributed by atoms with Gasteiger partial charge in [-0.3, -0.25) is 0 Å². The molecule has 126 valence electrons. The lowest BCUT2D eigenvalue weighted by Crippen LogP contribution is -2.41. The maximum Gasteiger partial charge on any atom is 0.136 e. The molecule has 1 saturated heterocycles. The Morgan fingerprint density at radius 3 is 2.62 bits per heavy atom. The van der Waals surface area contributed by atoms with Gasteiger partial charge in [0.15, 0.2) is 0 Å². The van der Waals surface area contributed by atoms with Crippen molar-refractivity contribution in [3.63, 3.8) is 0 Å². The third-order valence-electron chi connectivity index (χ3n) is 5.70.